The van der Waals surface area contributed by atoms with Crippen LogP contribution in [0.5, 0.6) is 0 Å². The fraction of sp³-hybridized carbons (Fsp3) is 0.636. The van der Waals surface area contributed by atoms with E-state index in [2.05, 4.69) is 5.32 Å². The molecule has 1 fully saturated rings. The van der Waals surface area contributed by atoms with Crippen LogP contribution in [0.4, 0.5) is 13.2 Å². The smallest absolute Gasteiger partial charge is 0.305 e. The van der Waals surface area contributed by atoms with E-state index >= 15 is 0 Å². The molecule has 1 saturated carbocycles. The Balaban J connectivity index is 1.94. The van der Waals surface area contributed by atoms with Crippen LogP contribution < -0.4 is 5.32 Å². The highest BCUT2D eigenvalue weighted by atomic mass is 32.1. The van der Waals surface area contributed by atoms with Crippen LogP contribution in [0.2, 0.25) is 0 Å². The van der Waals surface area contributed by atoms with Gasteiger partial charge in [0.25, 0.3) is 0 Å². The van der Waals surface area contributed by atoms with Gasteiger partial charge in [-0.25, -0.2) is 0 Å². The molecule has 1 aromatic rings. The number of rotatable bonds is 4. The Kier molecular flexibility index (Phi) is 3.26. The molecule has 1 aliphatic carbocycles. The first-order valence-electron chi connectivity index (χ1n) is 5.31. The van der Waals surface area contributed by atoms with Gasteiger partial charge in [0.1, 0.15) is 0 Å². The maximum Gasteiger partial charge on any atom is 0.401 e. The molecule has 0 aliphatic heterocycles. The van der Waals surface area contributed by atoms with Gasteiger partial charge in [-0.3, -0.25) is 0 Å². The number of aryl methyl sites for hydroxylation is 1. The highest BCUT2D eigenvalue weighted by molar-refractivity contribution is 7.10. The summed E-state index contributed by atoms with van der Waals surface area (Å²) in [6.45, 7) is 1.47. The fourth-order valence-corrected chi connectivity index (χ4v) is 2.86. The van der Waals surface area contributed by atoms with Gasteiger partial charge < -0.3 is 5.32 Å². The lowest BCUT2D eigenvalue weighted by Gasteiger charge is -2.09. The first-order valence-corrected chi connectivity index (χ1v) is 6.19. The van der Waals surface area contributed by atoms with Crippen LogP contribution in [0.1, 0.15) is 34.8 Å². The topological polar surface area (TPSA) is 12.0 Å². The Morgan fingerprint density at radius 3 is 2.69 bits per heavy atom. The van der Waals surface area contributed by atoms with E-state index < -0.39 is 12.7 Å². The fourth-order valence-electron chi connectivity index (χ4n) is 1.91. The second-order valence-corrected chi connectivity index (χ2v) is 5.31. The second kappa shape index (κ2) is 4.37. The van der Waals surface area contributed by atoms with Crippen LogP contribution in [0.25, 0.3) is 0 Å². The van der Waals surface area contributed by atoms with Gasteiger partial charge in [-0.15, -0.1) is 11.3 Å². The summed E-state index contributed by atoms with van der Waals surface area (Å²) in [4.78, 5) is 1.26. The Labute approximate surface area is 96.7 Å². The molecule has 5 heteroatoms. The molecule has 1 N–H and O–H groups in total. The van der Waals surface area contributed by atoms with Crippen molar-refractivity contribution in [2.45, 2.75) is 38.4 Å². The second-order valence-electron chi connectivity index (χ2n) is 4.22. The van der Waals surface area contributed by atoms with Gasteiger partial charge >= 0.3 is 6.18 Å². The van der Waals surface area contributed by atoms with Crippen molar-refractivity contribution in [2.75, 3.05) is 6.54 Å². The summed E-state index contributed by atoms with van der Waals surface area (Å²) in [5.41, 5.74) is 2.34. The third-order valence-corrected chi connectivity index (χ3v) is 3.71. The van der Waals surface area contributed by atoms with Gasteiger partial charge in [0.2, 0.25) is 0 Å². The minimum atomic E-state index is -4.12. The molecular weight excluding hydrogens is 235 g/mol. The van der Waals surface area contributed by atoms with E-state index in [-0.39, 0.29) is 0 Å². The Morgan fingerprint density at radius 2 is 2.12 bits per heavy atom. The lowest BCUT2D eigenvalue weighted by molar-refractivity contribution is -0.125. The minimum absolute atomic E-state index is 0.329. The summed E-state index contributed by atoms with van der Waals surface area (Å²) < 4.78 is 35.9. The minimum Gasteiger partial charge on any atom is -0.305 e. The molecule has 0 amide bonds. The van der Waals surface area contributed by atoms with Crippen LogP contribution in [-0.4, -0.2) is 12.7 Å². The predicted molar refractivity (Wildman–Crippen MR) is 58.8 cm³/mol. The Hall–Kier alpha value is -0.550. The molecule has 1 nitrogen and oxygen atoms in total. The van der Waals surface area contributed by atoms with Crippen LogP contribution in [0.15, 0.2) is 5.38 Å². The third-order valence-electron chi connectivity index (χ3n) is 2.73. The van der Waals surface area contributed by atoms with E-state index in [9.17, 15) is 13.2 Å². The average Bonchev–Trinajstić information content (AvgIpc) is 2.91. The Bertz CT molecular complexity index is 366. The molecule has 1 heterocycles. The molecule has 1 aromatic heterocycles. The highest BCUT2D eigenvalue weighted by Crippen LogP contribution is 2.45. The SMILES string of the molecule is Cc1scc(CNCC(F)(F)F)c1C1CC1. The summed E-state index contributed by atoms with van der Waals surface area (Å²) in [7, 11) is 0. The lowest BCUT2D eigenvalue weighted by atomic mass is 10.1. The zero-order valence-electron chi connectivity index (χ0n) is 9.03. The van der Waals surface area contributed by atoms with Crippen molar-refractivity contribution in [3.63, 3.8) is 0 Å². The number of nitrogens with one attached hydrogen (secondary N) is 1. The quantitative estimate of drug-likeness (QED) is 0.860. The summed E-state index contributed by atoms with van der Waals surface area (Å²) in [6.07, 6.45) is -1.75. The van der Waals surface area contributed by atoms with Gasteiger partial charge in [-0.05, 0) is 42.2 Å². The largest absolute Gasteiger partial charge is 0.401 e. The number of thiophene rings is 1. The number of halogens is 3. The molecular formula is C11H14F3NS. The van der Waals surface area contributed by atoms with Gasteiger partial charge in [-0.2, -0.15) is 13.2 Å². The molecule has 90 valence electrons. The van der Waals surface area contributed by atoms with E-state index in [1.54, 1.807) is 11.3 Å². The maximum absolute atomic E-state index is 12.0. The lowest BCUT2D eigenvalue weighted by Crippen LogP contribution is -2.28. The van der Waals surface area contributed by atoms with Crippen LogP contribution in [-0.2, 0) is 6.54 Å². The van der Waals surface area contributed by atoms with E-state index in [1.807, 2.05) is 12.3 Å². The average molecular weight is 249 g/mol. The molecule has 0 atom stereocenters. The summed E-state index contributed by atoms with van der Waals surface area (Å²) in [5.74, 6) is 0.605. The third kappa shape index (κ3) is 2.98. The molecule has 0 bridgehead atoms. The number of hydrogen-bond donors (Lipinski definition) is 1. The molecule has 0 saturated heterocycles. The molecule has 0 spiro atoms. The summed E-state index contributed by atoms with van der Waals surface area (Å²) in [5, 5.41) is 4.44. The van der Waals surface area contributed by atoms with Crippen molar-refractivity contribution < 1.29 is 13.2 Å². The van der Waals surface area contributed by atoms with Crippen molar-refractivity contribution in [2.24, 2.45) is 0 Å². The van der Waals surface area contributed by atoms with Crippen LogP contribution in [0, 0.1) is 6.92 Å². The van der Waals surface area contributed by atoms with Crippen molar-refractivity contribution in [3.05, 3.63) is 21.4 Å². The van der Waals surface area contributed by atoms with Crippen LogP contribution in [0.3, 0.4) is 0 Å². The molecule has 1 aliphatic rings. The number of alkyl halides is 3. The normalized spacial score (nSPS) is 16.8. The van der Waals surface area contributed by atoms with Crippen molar-refractivity contribution in [1.29, 1.82) is 0 Å². The van der Waals surface area contributed by atoms with Gasteiger partial charge in [0.15, 0.2) is 0 Å². The monoisotopic (exact) mass is 249 g/mol. The molecule has 0 aromatic carbocycles. The van der Waals surface area contributed by atoms with E-state index in [0.717, 1.165) is 5.56 Å². The molecule has 0 radical (unpaired) electrons. The first kappa shape index (κ1) is 11.9. The van der Waals surface area contributed by atoms with Crippen LogP contribution >= 0.6 is 11.3 Å². The van der Waals surface area contributed by atoms with E-state index in [4.69, 9.17) is 0 Å². The Morgan fingerprint density at radius 1 is 1.44 bits per heavy atom. The van der Waals surface area contributed by atoms with Crippen molar-refractivity contribution in [1.82, 2.24) is 5.32 Å². The van der Waals surface area contributed by atoms with Gasteiger partial charge in [0, 0.05) is 11.4 Å². The molecule has 16 heavy (non-hydrogen) atoms. The molecule has 0 unspecified atom stereocenters. The van der Waals surface area contributed by atoms with Gasteiger partial charge in [-0.1, -0.05) is 0 Å². The first-order chi connectivity index (χ1) is 7.47. The standard InChI is InChI=1S/C11H14F3NS/c1-7-10(8-2-3-8)9(5-16-7)4-15-6-11(12,13)14/h5,8,15H,2-4,6H2,1H3. The maximum atomic E-state index is 12.0. The van der Waals surface area contributed by atoms with Crippen molar-refractivity contribution in [3.8, 4) is 0 Å². The van der Waals surface area contributed by atoms with Gasteiger partial charge in [0.05, 0.1) is 6.54 Å². The number of hydrogen-bond acceptors (Lipinski definition) is 2. The highest BCUT2D eigenvalue weighted by Gasteiger charge is 2.29. The zero-order valence-corrected chi connectivity index (χ0v) is 9.84. The van der Waals surface area contributed by atoms with Crippen molar-refractivity contribution >= 4 is 11.3 Å². The molecule has 2 rings (SSSR count). The predicted octanol–water partition coefficient (Wildman–Crippen LogP) is 3.59. The summed E-state index contributed by atoms with van der Waals surface area (Å²) in [6, 6.07) is 0. The zero-order chi connectivity index (χ0) is 11.8. The van der Waals surface area contributed by atoms with E-state index in [1.165, 1.54) is 23.3 Å². The van der Waals surface area contributed by atoms with E-state index in [0.29, 0.717) is 12.5 Å². The summed E-state index contributed by atoms with van der Waals surface area (Å²) >= 11 is 1.64.